The number of amides is 1. The smallest absolute Gasteiger partial charge is 0.228 e. The maximum absolute atomic E-state index is 11.8. The van der Waals surface area contributed by atoms with Crippen LogP contribution in [-0.2, 0) is 11.2 Å². The summed E-state index contributed by atoms with van der Waals surface area (Å²) in [4.78, 5) is 11.8. The molecule has 0 radical (unpaired) electrons. The minimum atomic E-state index is -0.127. The Balaban J connectivity index is 2.01. The molecule has 0 bridgehead atoms. The highest BCUT2D eigenvalue weighted by Gasteiger charge is 2.04. The van der Waals surface area contributed by atoms with E-state index in [-0.39, 0.29) is 12.3 Å². The Morgan fingerprint density at radius 1 is 1.21 bits per heavy atom. The summed E-state index contributed by atoms with van der Waals surface area (Å²) in [5.74, 6) is -0.127. The van der Waals surface area contributed by atoms with Crippen molar-refractivity contribution < 1.29 is 4.79 Å². The number of benzene rings is 2. The van der Waals surface area contributed by atoms with Gasteiger partial charge in [-0.2, -0.15) is 5.26 Å². The van der Waals surface area contributed by atoms with E-state index in [1.807, 2.05) is 18.2 Å². The second-order valence-electron chi connectivity index (χ2n) is 4.04. The van der Waals surface area contributed by atoms with Crippen molar-refractivity contribution in [1.82, 2.24) is 0 Å². The largest absolute Gasteiger partial charge is 0.326 e. The molecule has 0 atom stereocenters. The maximum atomic E-state index is 11.8. The van der Waals surface area contributed by atoms with E-state index in [1.165, 1.54) is 0 Å². The molecule has 4 heteroatoms. The number of nitrogens with one attached hydrogen (secondary N) is 1. The predicted octanol–water partition coefficient (Wildman–Crippen LogP) is 3.39. The van der Waals surface area contributed by atoms with Crippen molar-refractivity contribution in [2.45, 2.75) is 6.42 Å². The lowest BCUT2D eigenvalue weighted by Crippen LogP contribution is -2.14. The van der Waals surface area contributed by atoms with Crippen molar-refractivity contribution in [3.8, 4) is 6.07 Å². The van der Waals surface area contributed by atoms with E-state index in [0.29, 0.717) is 16.3 Å². The molecule has 2 aromatic rings. The number of carbonyl (C=O) groups is 1. The van der Waals surface area contributed by atoms with Crippen LogP contribution >= 0.6 is 11.6 Å². The van der Waals surface area contributed by atoms with Gasteiger partial charge in [0, 0.05) is 10.7 Å². The molecule has 0 aliphatic heterocycles. The molecule has 19 heavy (non-hydrogen) atoms. The quantitative estimate of drug-likeness (QED) is 0.929. The minimum Gasteiger partial charge on any atom is -0.326 e. The number of halogens is 1. The monoisotopic (exact) mass is 270 g/mol. The van der Waals surface area contributed by atoms with Crippen LogP contribution in [0.25, 0.3) is 0 Å². The highest BCUT2D eigenvalue weighted by atomic mass is 35.5. The van der Waals surface area contributed by atoms with Crippen molar-refractivity contribution >= 4 is 23.2 Å². The Labute approximate surface area is 116 Å². The zero-order chi connectivity index (χ0) is 13.7. The average molecular weight is 271 g/mol. The number of rotatable bonds is 3. The van der Waals surface area contributed by atoms with Crippen LogP contribution in [0.1, 0.15) is 11.1 Å². The van der Waals surface area contributed by atoms with Gasteiger partial charge in [-0.1, -0.05) is 29.8 Å². The number of nitriles is 1. The molecule has 0 aliphatic rings. The summed E-state index contributed by atoms with van der Waals surface area (Å²) in [5, 5.41) is 12.2. The molecule has 1 N–H and O–H groups in total. The van der Waals surface area contributed by atoms with Crippen LogP contribution in [0.5, 0.6) is 0 Å². The van der Waals surface area contributed by atoms with Crippen LogP contribution in [0.4, 0.5) is 5.69 Å². The predicted molar refractivity (Wildman–Crippen MR) is 74.9 cm³/mol. The number of hydrogen-bond donors (Lipinski definition) is 1. The zero-order valence-corrected chi connectivity index (χ0v) is 10.8. The van der Waals surface area contributed by atoms with Gasteiger partial charge in [0.2, 0.25) is 5.91 Å². The Bertz CT molecular complexity index is 629. The van der Waals surface area contributed by atoms with E-state index in [2.05, 4.69) is 5.32 Å². The van der Waals surface area contributed by atoms with Crippen molar-refractivity contribution in [2.75, 3.05) is 5.32 Å². The molecule has 0 saturated heterocycles. The summed E-state index contributed by atoms with van der Waals surface area (Å²) in [5.41, 5.74) is 2.03. The Hall–Kier alpha value is -2.31. The molecule has 94 valence electrons. The first kappa shape index (κ1) is 13.1. The Morgan fingerprint density at radius 2 is 1.95 bits per heavy atom. The van der Waals surface area contributed by atoms with E-state index in [0.717, 1.165) is 5.56 Å². The topological polar surface area (TPSA) is 52.9 Å². The number of hydrogen-bond acceptors (Lipinski definition) is 2. The Kier molecular flexibility index (Phi) is 4.17. The van der Waals surface area contributed by atoms with E-state index < -0.39 is 0 Å². The molecule has 0 saturated carbocycles. The average Bonchev–Trinajstić information content (AvgIpc) is 2.41. The molecule has 1 amide bonds. The lowest BCUT2D eigenvalue weighted by atomic mass is 10.1. The summed E-state index contributed by atoms with van der Waals surface area (Å²) in [6, 6.07) is 16.0. The summed E-state index contributed by atoms with van der Waals surface area (Å²) in [6.07, 6.45) is 0.272. The first-order valence-corrected chi connectivity index (χ1v) is 6.09. The third kappa shape index (κ3) is 3.84. The summed E-state index contributed by atoms with van der Waals surface area (Å²) >= 11 is 5.78. The summed E-state index contributed by atoms with van der Waals surface area (Å²) in [7, 11) is 0. The van der Waals surface area contributed by atoms with Gasteiger partial charge in [-0.15, -0.1) is 0 Å². The number of carbonyl (C=O) groups excluding carboxylic acids is 1. The van der Waals surface area contributed by atoms with E-state index in [4.69, 9.17) is 16.9 Å². The Morgan fingerprint density at radius 3 is 2.63 bits per heavy atom. The molecule has 0 aliphatic carbocycles. The molecule has 2 rings (SSSR count). The summed E-state index contributed by atoms with van der Waals surface area (Å²) in [6.45, 7) is 0. The van der Waals surface area contributed by atoms with Gasteiger partial charge in [-0.05, 0) is 35.9 Å². The first-order valence-electron chi connectivity index (χ1n) is 5.72. The van der Waals surface area contributed by atoms with Crippen LogP contribution in [0.2, 0.25) is 5.02 Å². The fraction of sp³-hybridized carbons (Fsp3) is 0.0667. The lowest BCUT2D eigenvalue weighted by molar-refractivity contribution is -0.115. The maximum Gasteiger partial charge on any atom is 0.228 e. The number of nitrogens with zero attached hydrogens (tertiary/aromatic N) is 1. The van der Waals surface area contributed by atoms with Crippen LogP contribution < -0.4 is 5.32 Å². The van der Waals surface area contributed by atoms with E-state index >= 15 is 0 Å². The van der Waals surface area contributed by atoms with Crippen molar-refractivity contribution in [3.63, 3.8) is 0 Å². The fourth-order valence-corrected chi connectivity index (χ4v) is 1.79. The molecule has 2 aromatic carbocycles. The van der Waals surface area contributed by atoms with Gasteiger partial charge >= 0.3 is 0 Å². The van der Waals surface area contributed by atoms with Crippen LogP contribution in [0, 0.1) is 11.3 Å². The third-order valence-corrected chi connectivity index (χ3v) is 2.81. The van der Waals surface area contributed by atoms with E-state index in [1.54, 1.807) is 36.4 Å². The molecular formula is C15H11ClN2O. The first-order chi connectivity index (χ1) is 9.17. The molecule has 0 spiro atoms. The number of anilines is 1. The zero-order valence-electron chi connectivity index (χ0n) is 10.1. The van der Waals surface area contributed by atoms with Crippen molar-refractivity contribution in [3.05, 3.63) is 64.7 Å². The van der Waals surface area contributed by atoms with E-state index in [9.17, 15) is 4.79 Å². The molecule has 0 fully saturated rings. The van der Waals surface area contributed by atoms with Gasteiger partial charge in [-0.25, -0.2) is 0 Å². The molecule has 0 heterocycles. The molecule has 0 aromatic heterocycles. The summed E-state index contributed by atoms with van der Waals surface area (Å²) < 4.78 is 0. The second kappa shape index (κ2) is 6.03. The third-order valence-electron chi connectivity index (χ3n) is 2.55. The van der Waals surface area contributed by atoms with Gasteiger partial charge in [-0.3, -0.25) is 4.79 Å². The van der Waals surface area contributed by atoms with Crippen LogP contribution in [0.15, 0.2) is 48.5 Å². The standard InChI is InChI=1S/C15H11ClN2O/c16-13-6-4-11(5-7-13)9-15(19)18-14-3-1-2-12(8-14)10-17/h1-8H,9H2,(H,18,19). The fourth-order valence-electron chi connectivity index (χ4n) is 1.66. The minimum absolute atomic E-state index is 0.127. The highest BCUT2D eigenvalue weighted by Crippen LogP contribution is 2.12. The van der Waals surface area contributed by atoms with Gasteiger partial charge in [0.15, 0.2) is 0 Å². The highest BCUT2D eigenvalue weighted by molar-refractivity contribution is 6.30. The van der Waals surface area contributed by atoms with Gasteiger partial charge in [0.05, 0.1) is 18.1 Å². The molecular weight excluding hydrogens is 260 g/mol. The van der Waals surface area contributed by atoms with Crippen molar-refractivity contribution in [2.24, 2.45) is 0 Å². The molecule has 0 unspecified atom stereocenters. The lowest BCUT2D eigenvalue weighted by Gasteiger charge is -2.05. The van der Waals surface area contributed by atoms with Crippen LogP contribution in [0.3, 0.4) is 0 Å². The normalized spacial score (nSPS) is 9.68. The molecule has 3 nitrogen and oxygen atoms in total. The van der Waals surface area contributed by atoms with Crippen LogP contribution in [-0.4, -0.2) is 5.91 Å². The van der Waals surface area contributed by atoms with Gasteiger partial charge in [0.1, 0.15) is 0 Å². The van der Waals surface area contributed by atoms with Crippen molar-refractivity contribution in [1.29, 1.82) is 5.26 Å². The van der Waals surface area contributed by atoms with Gasteiger partial charge < -0.3 is 5.32 Å². The SMILES string of the molecule is N#Cc1cccc(NC(=O)Cc2ccc(Cl)cc2)c1. The second-order valence-corrected chi connectivity index (χ2v) is 4.48. The van der Waals surface area contributed by atoms with Gasteiger partial charge in [0.25, 0.3) is 0 Å².